The van der Waals surface area contributed by atoms with Crippen molar-refractivity contribution in [2.75, 3.05) is 0 Å². The summed E-state index contributed by atoms with van der Waals surface area (Å²) in [5.41, 5.74) is 5.89. The smallest absolute Gasteiger partial charge is 0.270 e. The van der Waals surface area contributed by atoms with Crippen LogP contribution < -0.4 is 5.73 Å². The Morgan fingerprint density at radius 1 is 1.28 bits per heavy atom. The summed E-state index contributed by atoms with van der Waals surface area (Å²) in [5.74, 6) is 0. The Balaban J connectivity index is 0.000000199. The summed E-state index contributed by atoms with van der Waals surface area (Å²) >= 11 is 0. The minimum atomic E-state index is -0.535. The Kier molecular flexibility index (Phi) is 6.00. The summed E-state index contributed by atoms with van der Waals surface area (Å²) in [6.45, 7) is 0. The number of carbonyl (C=O) groups is 1. The number of benzene rings is 1. The first-order valence-corrected chi connectivity index (χ1v) is 6.08. The average molecular weight is 250 g/mol. The maximum Gasteiger partial charge on any atom is 0.270 e. The molecule has 1 aliphatic carbocycles. The summed E-state index contributed by atoms with van der Waals surface area (Å²) in [4.78, 5) is 19.8. The lowest BCUT2D eigenvalue weighted by Gasteiger charge is -2.15. The number of aldehydes is 1. The predicted molar refractivity (Wildman–Crippen MR) is 69.5 cm³/mol. The van der Waals surface area contributed by atoms with Crippen molar-refractivity contribution in [3.63, 3.8) is 0 Å². The topological polar surface area (TPSA) is 86.2 Å². The Bertz CT molecular complexity index is 401. The maximum atomic E-state index is 10.2. The highest BCUT2D eigenvalue weighted by atomic mass is 16.6. The number of hydrogen-bond donors (Lipinski definition) is 1. The lowest BCUT2D eigenvalue weighted by atomic mass is 9.97. The summed E-state index contributed by atoms with van der Waals surface area (Å²) in [6.07, 6.45) is 7.24. The number of hydrogen-bond acceptors (Lipinski definition) is 4. The molecule has 2 rings (SSSR count). The molecule has 1 saturated carbocycles. The van der Waals surface area contributed by atoms with Gasteiger partial charge in [-0.3, -0.25) is 14.9 Å². The molecule has 0 spiro atoms. The van der Waals surface area contributed by atoms with Gasteiger partial charge in [-0.05, 0) is 12.8 Å². The Labute approximate surface area is 106 Å². The van der Waals surface area contributed by atoms with Crippen molar-refractivity contribution in [3.05, 3.63) is 39.9 Å². The summed E-state index contributed by atoms with van der Waals surface area (Å²) in [6, 6.07) is 6.09. The molecule has 0 aliphatic heterocycles. The van der Waals surface area contributed by atoms with Crippen LogP contribution in [0.5, 0.6) is 0 Å². The van der Waals surface area contributed by atoms with Crippen LogP contribution in [0.4, 0.5) is 5.69 Å². The average Bonchev–Trinajstić information content (AvgIpc) is 2.40. The van der Waals surface area contributed by atoms with E-state index in [1.165, 1.54) is 56.4 Å². The molecule has 18 heavy (non-hydrogen) atoms. The van der Waals surface area contributed by atoms with Gasteiger partial charge in [0.25, 0.3) is 5.69 Å². The number of nitrogens with zero attached hydrogens (tertiary/aromatic N) is 1. The third-order valence-corrected chi connectivity index (χ3v) is 2.87. The zero-order valence-electron chi connectivity index (χ0n) is 10.2. The summed E-state index contributed by atoms with van der Waals surface area (Å²) in [5, 5.41) is 10.2. The van der Waals surface area contributed by atoms with Gasteiger partial charge >= 0.3 is 0 Å². The van der Waals surface area contributed by atoms with Crippen molar-refractivity contribution in [1.82, 2.24) is 0 Å². The molecule has 1 aromatic rings. The quantitative estimate of drug-likeness (QED) is 0.496. The molecule has 0 radical (unpaired) electrons. The van der Waals surface area contributed by atoms with Crippen molar-refractivity contribution in [2.24, 2.45) is 5.73 Å². The van der Waals surface area contributed by atoms with Crippen molar-refractivity contribution < 1.29 is 9.72 Å². The van der Waals surface area contributed by atoms with Crippen LogP contribution in [0.25, 0.3) is 0 Å². The SMILES string of the molecule is NC1CCCCC1.O=Cc1cccc([N+](=O)[O-])c1. The molecule has 0 saturated heterocycles. The fourth-order valence-electron chi connectivity index (χ4n) is 1.85. The van der Waals surface area contributed by atoms with Crippen LogP contribution in [0, 0.1) is 10.1 Å². The minimum absolute atomic E-state index is 0.0606. The van der Waals surface area contributed by atoms with Crippen LogP contribution in [-0.4, -0.2) is 17.3 Å². The number of carbonyl (C=O) groups excluding carboxylic acids is 1. The Morgan fingerprint density at radius 3 is 2.39 bits per heavy atom. The van der Waals surface area contributed by atoms with Gasteiger partial charge in [0.05, 0.1) is 4.92 Å². The van der Waals surface area contributed by atoms with Gasteiger partial charge < -0.3 is 5.73 Å². The number of nitro groups is 1. The first-order chi connectivity index (χ1) is 8.63. The lowest BCUT2D eigenvalue weighted by Crippen LogP contribution is -2.22. The number of nitrogens with two attached hydrogens (primary N) is 1. The zero-order chi connectivity index (χ0) is 13.4. The van der Waals surface area contributed by atoms with Gasteiger partial charge in [0.2, 0.25) is 0 Å². The lowest BCUT2D eigenvalue weighted by molar-refractivity contribution is -0.384. The van der Waals surface area contributed by atoms with E-state index in [1.54, 1.807) is 0 Å². The van der Waals surface area contributed by atoms with E-state index in [1.807, 2.05) is 0 Å². The maximum absolute atomic E-state index is 10.2. The third-order valence-electron chi connectivity index (χ3n) is 2.87. The van der Waals surface area contributed by atoms with Crippen LogP contribution in [0.3, 0.4) is 0 Å². The summed E-state index contributed by atoms with van der Waals surface area (Å²) in [7, 11) is 0. The van der Waals surface area contributed by atoms with E-state index in [0.29, 0.717) is 17.9 Å². The predicted octanol–water partition coefficient (Wildman–Crippen LogP) is 2.69. The molecule has 0 unspecified atom stereocenters. The van der Waals surface area contributed by atoms with Gasteiger partial charge in [-0.2, -0.15) is 0 Å². The fourth-order valence-corrected chi connectivity index (χ4v) is 1.85. The van der Waals surface area contributed by atoms with Crippen LogP contribution in [-0.2, 0) is 0 Å². The molecule has 1 aliphatic rings. The van der Waals surface area contributed by atoms with Gasteiger partial charge in [-0.25, -0.2) is 0 Å². The molecule has 0 aromatic heterocycles. The first-order valence-electron chi connectivity index (χ1n) is 6.08. The van der Waals surface area contributed by atoms with E-state index < -0.39 is 4.92 Å². The fraction of sp³-hybridized carbons (Fsp3) is 0.462. The van der Waals surface area contributed by atoms with E-state index in [2.05, 4.69) is 0 Å². The van der Waals surface area contributed by atoms with Crippen molar-refractivity contribution in [2.45, 2.75) is 38.1 Å². The van der Waals surface area contributed by atoms with Crippen LogP contribution in [0.2, 0.25) is 0 Å². The largest absolute Gasteiger partial charge is 0.328 e. The zero-order valence-corrected chi connectivity index (χ0v) is 10.2. The molecular formula is C13H18N2O3. The van der Waals surface area contributed by atoms with Crippen LogP contribution >= 0.6 is 0 Å². The second-order valence-corrected chi connectivity index (χ2v) is 4.37. The van der Waals surface area contributed by atoms with E-state index in [9.17, 15) is 14.9 Å². The highest BCUT2D eigenvalue weighted by Crippen LogP contribution is 2.14. The monoisotopic (exact) mass is 250 g/mol. The first kappa shape index (κ1) is 14.3. The van der Waals surface area contributed by atoms with E-state index >= 15 is 0 Å². The molecule has 98 valence electrons. The number of rotatable bonds is 2. The molecular weight excluding hydrogens is 232 g/mol. The highest BCUT2D eigenvalue weighted by molar-refractivity contribution is 5.75. The standard InChI is InChI=1S/C7H5NO3.C6H13N/c9-5-6-2-1-3-7(4-6)8(10)11;7-6-4-2-1-3-5-6/h1-5H;6H,1-5,7H2. The second kappa shape index (κ2) is 7.55. The Morgan fingerprint density at radius 2 is 1.94 bits per heavy atom. The molecule has 0 bridgehead atoms. The normalized spacial score (nSPS) is 15.4. The molecule has 0 amide bonds. The molecule has 1 aromatic carbocycles. The van der Waals surface area contributed by atoms with Crippen molar-refractivity contribution >= 4 is 12.0 Å². The Hall–Kier alpha value is -1.75. The highest BCUT2D eigenvalue weighted by Gasteiger charge is 2.06. The van der Waals surface area contributed by atoms with Crippen molar-refractivity contribution in [3.8, 4) is 0 Å². The van der Waals surface area contributed by atoms with Crippen LogP contribution in [0.15, 0.2) is 24.3 Å². The van der Waals surface area contributed by atoms with E-state index in [-0.39, 0.29) is 5.69 Å². The van der Waals surface area contributed by atoms with Gasteiger partial charge in [0.1, 0.15) is 6.29 Å². The van der Waals surface area contributed by atoms with Gasteiger partial charge in [-0.1, -0.05) is 31.4 Å². The van der Waals surface area contributed by atoms with Gasteiger partial charge in [0, 0.05) is 23.7 Å². The molecule has 0 heterocycles. The third kappa shape index (κ3) is 5.05. The molecule has 1 fully saturated rings. The minimum Gasteiger partial charge on any atom is -0.328 e. The summed E-state index contributed by atoms with van der Waals surface area (Å²) < 4.78 is 0. The van der Waals surface area contributed by atoms with Gasteiger partial charge in [0.15, 0.2) is 0 Å². The molecule has 5 nitrogen and oxygen atoms in total. The van der Waals surface area contributed by atoms with Crippen molar-refractivity contribution in [1.29, 1.82) is 0 Å². The molecule has 5 heteroatoms. The molecule has 2 N–H and O–H groups in total. The van der Waals surface area contributed by atoms with Crippen LogP contribution in [0.1, 0.15) is 42.5 Å². The van der Waals surface area contributed by atoms with E-state index in [4.69, 9.17) is 5.73 Å². The van der Waals surface area contributed by atoms with Gasteiger partial charge in [-0.15, -0.1) is 0 Å². The number of nitro benzene ring substituents is 1. The second-order valence-electron chi connectivity index (χ2n) is 4.37. The molecule has 0 atom stereocenters. The van der Waals surface area contributed by atoms with E-state index in [0.717, 1.165) is 0 Å². The number of non-ortho nitro benzene ring substituents is 1.